The molecule has 1 aliphatic heterocycles. The third kappa shape index (κ3) is 5.10. The number of alkyl halides is 2. The van der Waals surface area contributed by atoms with Crippen LogP contribution in [-0.2, 0) is 4.74 Å². The van der Waals surface area contributed by atoms with Gasteiger partial charge in [0.2, 0.25) is 29.5 Å². The van der Waals surface area contributed by atoms with Crippen LogP contribution in [0, 0.1) is 17.8 Å². The van der Waals surface area contributed by atoms with Crippen molar-refractivity contribution in [1.82, 2.24) is 30.0 Å². The third-order valence-corrected chi connectivity index (χ3v) is 6.55. The van der Waals surface area contributed by atoms with Crippen molar-refractivity contribution in [3.63, 3.8) is 0 Å². The molecule has 11 nitrogen and oxygen atoms in total. The van der Waals surface area contributed by atoms with Crippen molar-refractivity contribution in [1.29, 1.82) is 0 Å². The number of rotatable bonds is 9. The van der Waals surface area contributed by atoms with Crippen LogP contribution in [0.3, 0.4) is 0 Å². The Morgan fingerprint density at radius 2 is 1.89 bits per heavy atom. The van der Waals surface area contributed by atoms with Gasteiger partial charge in [-0.25, -0.2) is 8.78 Å². The number of ether oxygens (including phenoxy) is 1. The van der Waals surface area contributed by atoms with Gasteiger partial charge in [-0.3, -0.25) is 4.79 Å². The van der Waals surface area contributed by atoms with E-state index in [1.54, 1.807) is 16.8 Å². The molecule has 2 unspecified atom stereocenters. The molecule has 2 atom stereocenters. The molecule has 2 N–H and O–H groups in total. The van der Waals surface area contributed by atoms with Gasteiger partial charge in [0, 0.05) is 32.2 Å². The highest BCUT2D eigenvalue weighted by atomic mass is 19.3. The van der Waals surface area contributed by atoms with E-state index in [0.717, 1.165) is 12.6 Å². The molecule has 13 heteroatoms. The van der Waals surface area contributed by atoms with Crippen molar-refractivity contribution in [3.05, 3.63) is 36.2 Å². The largest absolute Gasteiger partial charge is 0.381 e. The van der Waals surface area contributed by atoms with Crippen LogP contribution in [0.4, 0.5) is 26.4 Å². The molecular formula is C23H26F2N8O3. The topological polar surface area (TPSA) is 136 Å². The van der Waals surface area contributed by atoms with Crippen molar-refractivity contribution in [3.8, 4) is 11.6 Å². The molecule has 1 aromatic carbocycles. The quantitative estimate of drug-likeness (QED) is 0.437. The number of benzene rings is 1. The fourth-order valence-corrected chi connectivity index (χ4v) is 4.47. The molecule has 190 valence electrons. The number of amides is 1. The van der Waals surface area contributed by atoms with Crippen LogP contribution in [0.15, 0.2) is 34.9 Å². The number of aromatic nitrogens is 5. The minimum Gasteiger partial charge on any atom is -0.381 e. The van der Waals surface area contributed by atoms with E-state index in [4.69, 9.17) is 15.0 Å². The molecule has 2 aromatic heterocycles. The Kier molecular flexibility index (Phi) is 6.24. The van der Waals surface area contributed by atoms with E-state index >= 15 is 0 Å². The molecule has 0 spiro atoms. The van der Waals surface area contributed by atoms with E-state index in [2.05, 4.69) is 25.1 Å². The zero-order valence-corrected chi connectivity index (χ0v) is 19.8. The van der Waals surface area contributed by atoms with Gasteiger partial charge in [0.05, 0.1) is 13.2 Å². The summed E-state index contributed by atoms with van der Waals surface area (Å²) in [7, 11) is 1.79. The van der Waals surface area contributed by atoms with Crippen LogP contribution >= 0.6 is 0 Å². The number of anilines is 3. The first-order chi connectivity index (χ1) is 17.2. The molecule has 2 aliphatic rings. The summed E-state index contributed by atoms with van der Waals surface area (Å²) in [6.07, 6.45) is -0.296. The molecule has 3 aromatic rings. The second-order valence-corrected chi connectivity index (χ2v) is 9.23. The maximum Gasteiger partial charge on any atom is 0.316 e. The van der Waals surface area contributed by atoms with Crippen LogP contribution in [0.1, 0.15) is 24.0 Å². The molecule has 1 aliphatic carbocycles. The predicted molar refractivity (Wildman–Crippen MR) is 124 cm³/mol. The lowest BCUT2D eigenvalue weighted by Gasteiger charge is -2.18. The van der Waals surface area contributed by atoms with Gasteiger partial charge in [-0.05, 0) is 36.8 Å². The van der Waals surface area contributed by atoms with E-state index in [1.165, 1.54) is 0 Å². The Bertz CT molecular complexity index is 1220. The maximum absolute atomic E-state index is 12.9. The van der Waals surface area contributed by atoms with Gasteiger partial charge in [-0.2, -0.15) is 19.9 Å². The average molecular weight is 501 g/mol. The Morgan fingerprint density at radius 1 is 1.17 bits per heavy atom. The van der Waals surface area contributed by atoms with Crippen molar-refractivity contribution in [2.45, 2.75) is 19.3 Å². The molecular weight excluding hydrogens is 474 g/mol. The smallest absolute Gasteiger partial charge is 0.316 e. The first-order valence-electron chi connectivity index (χ1n) is 11.6. The van der Waals surface area contributed by atoms with Crippen LogP contribution in [0.2, 0.25) is 0 Å². The second-order valence-electron chi connectivity index (χ2n) is 9.23. The highest BCUT2D eigenvalue weighted by Crippen LogP contribution is 2.52. The molecule has 1 saturated carbocycles. The number of carbonyl (C=O) groups is 1. The number of likely N-dealkylation sites (tertiary alicyclic amines) is 1. The predicted octanol–water partition coefficient (Wildman–Crippen LogP) is 2.65. The van der Waals surface area contributed by atoms with Crippen LogP contribution in [0.25, 0.3) is 11.6 Å². The van der Waals surface area contributed by atoms with Gasteiger partial charge in [0.25, 0.3) is 0 Å². The molecule has 0 bridgehead atoms. The lowest BCUT2D eigenvalue weighted by Crippen LogP contribution is -2.32. The maximum atomic E-state index is 12.9. The minimum atomic E-state index is -2.72. The number of para-hydroxylation sites is 1. The first kappa shape index (κ1) is 24.0. The summed E-state index contributed by atoms with van der Waals surface area (Å²) in [6, 6.07) is 9.47. The van der Waals surface area contributed by atoms with Gasteiger partial charge in [-0.1, -0.05) is 23.4 Å². The second kappa shape index (κ2) is 9.37. The lowest BCUT2D eigenvalue weighted by molar-refractivity contribution is -0.0191. The van der Waals surface area contributed by atoms with Crippen molar-refractivity contribution >= 4 is 23.5 Å². The number of halogens is 2. The zero-order valence-electron chi connectivity index (χ0n) is 19.8. The van der Waals surface area contributed by atoms with E-state index in [-0.39, 0.29) is 66.1 Å². The molecule has 36 heavy (non-hydrogen) atoms. The fraction of sp³-hybridized carbons (Fsp3) is 0.478. The van der Waals surface area contributed by atoms with Crippen LogP contribution in [-0.4, -0.2) is 75.2 Å². The first-order valence-corrected chi connectivity index (χ1v) is 11.6. The number of nitrogens with zero attached hydrogens (tertiary/aromatic N) is 7. The molecule has 0 radical (unpaired) electrons. The molecule has 5 rings (SSSR count). The Morgan fingerprint density at radius 3 is 2.58 bits per heavy atom. The number of hydrogen-bond acceptors (Lipinski definition) is 10. The average Bonchev–Trinajstić information content (AvgIpc) is 3.22. The zero-order chi connectivity index (χ0) is 25.4. The van der Waals surface area contributed by atoms with E-state index < -0.39 is 5.92 Å². The number of fused-ring (bicyclic) bond motifs is 1. The SMILES string of the molecule is CN(c1ccccc1)c1nc(N)nc(-c2noc(C(=O)N3CC4C(COCCC(C)(F)F)C4C3)n2)n1. The Labute approximate surface area is 205 Å². The number of nitrogens with two attached hydrogens (primary N) is 1. The lowest BCUT2D eigenvalue weighted by atomic mass is 10.2. The number of piperidine rings is 1. The van der Waals surface area contributed by atoms with Crippen molar-refractivity contribution < 1.29 is 22.8 Å². The number of nitrogen functional groups attached to an aromatic ring is 1. The van der Waals surface area contributed by atoms with Gasteiger partial charge in [0.15, 0.2) is 0 Å². The molecule has 3 heterocycles. The standard InChI is InChI=1S/C23H26F2N8O3/c1-23(24,25)8-9-35-12-16-14-10-33(11-15(14)16)20(34)19-27-18(31-36-19)17-28-21(26)30-22(29-17)32(2)13-6-4-3-5-7-13/h3-7,14-16H,8-12H2,1-2H3,(H2,26,28,29,30). The third-order valence-electron chi connectivity index (χ3n) is 6.55. The van der Waals surface area contributed by atoms with Crippen LogP contribution < -0.4 is 10.6 Å². The Hall–Kier alpha value is -3.74. The van der Waals surface area contributed by atoms with Crippen LogP contribution in [0.5, 0.6) is 0 Å². The normalized spacial score (nSPS) is 20.9. The highest BCUT2D eigenvalue weighted by Gasteiger charge is 2.57. The summed E-state index contributed by atoms with van der Waals surface area (Å²) in [5.41, 5.74) is 6.72. The fourth-order valence-electron chi connectivity index (χ4n) is 4.47. The summed E-state index contributed by atoms with van der Waals surface area (Å²) in [5, 5.41) is 3.87. The summed E-state index contributed by atoms with van der Waals surface area (Å²) < 4.78 is 36.4. The molecule has 2 fully saturated rings. The summed E-state index contributed by atoms with van der Waals surface area (Å²) in [5.74, 6) is -2.03. The molecule has 1 amide bonds. The van der Waals surface area contributed by atoms with E-state index in [1.807, 2.05) is 30.3 Å². The summed E-state index contributed by atoms with van der Waals surface area (Å²) in [6.45, 7) is 2.40. The van der Waals surface area contributed by atoms with Gasteiger partial charge < -0.3 is 24.8 Å². The van der Waals surface area contributed by atoms with Crippen molar-refractivity contribution in [2.24, 2.45) is 17.8 Å². The van der Waals surface area contributed by atoms with Gasteiger partial charge in [-0.15, -0.1) is 0 Å². The molecule has 1 saturated heterocycles. The summed E-state index contributed by atoms with van der Waals surface area (Å²) in [4.78, 5) is 33.1. The van der Waals surface area contributed by atoms with E-state index in [9.17, 15) is 13.6 Å². The van der Waals surface area contributed by atoms with Gasteiger partial charge in [0.1, 0.15) is 0 Å². The number of carbonyl (C=O) groups excluding carboxylic acids is 1. The van der Waals surface area contributed by atoms with Crippen molar-refractivity contribution in [2.75, 3.05) is 44.0 Å². The Balaban J connectivity index is 1.19. The van der Waals surface area contributed by atoms with Gasteiger partial charge >= 0.3 is 11.8 Å². The van der Waals surface area contributed by atoms with E-state index in [0.29, 0.717) is 19.7 Å². The summed E-state index contributed by atoms with van der Waals surface area (Å²) >= 11 is 0. The monoisotopic (exact) mass is 500 g/mol. The highest BCUT2D eigenvalue weighted by molar-refractivity contribution is 5.90. The minimum absolute atomic E-state index is 0.0222. The number of hydrogen-bond donors (Lipinski definition) is 1.